The van der Waals surface area contributed by atoms with Gasteiger partial charge in [0.2, 0.25) is 5.78 Å². The summed E-state index contributed by atoms with van der Waals surface area (Å²) in [6, 6.07) is 9.94. The molecular weight excluding hydrogens is 334 g/mol. The van der Waals surface area contributed by atoms with Crippen LogP contribution in [0.3, 0.4) is 0 Å². The Hall–Kier alpha value is -3.13. The molecule has 0 saturated heterocycles. The highest BCUT2D eigenvalue weighted by Gasteiger charge is 2.19. The van der Waals surface area contributed by atoms with E-state index in [0.717, 1.165) is 17.7 Å². The van der Waals surface area contributed by atoms with Crippen molar-refractivity contribution in [1.29, 1.82) is 0 Å². The molecule has 8 heteroatoms. The van der Waals surface area contributed by atoms with Gasteiger partial charge in [-0.1, -0.05) is 30.3 Å². The number of ether oxygens (including phenoxy) is 1. The molecule has 0 spiro atoms. The summed E-state index contributed by atoms with van der Waals surface area (Å²) in [7, 11) is 3.27. The number of hydrogen-bond donors (Lipinski definition) is 1. The van der Waals surface area contributed by atoms with Crippen LogP contribution in [0, 0.1) is 0 Å². The van der Waals surface area contributed by atoms with Gasteiger partial charge in [0, 0.05) is 33.5 Å². The molecule has 26 heavy (non-hydrogen) atoms. The molecular formula is C18H19N5O3. The van der Waals surface area contributed by atoms with Gasteiger partial charge in [0.1, 0.15) is 0 Å². The Balaban J connectivity index is 2.03. The van der Waals surface area contributed by atoms with Gasteiger partial charge in [0.05, 0.1) is 5.69 Å². The van der Waals surface area contributed by atoms with E-state index in [2.05, 4.69) is 14.5 Å². The number of aromatic amines is 1. The number of fused-ring (bicyclic) bond motifs is 3. The zero-order chi connectivity index (χ0) is 18.3. The number of benzene rings is 1. The lowest BCUT2D eigenvalue weighted by molar-refractivity contribution is 0.191. The first kappa shape index (κ1) is 16.3. The van der Waals surface area contributed by atoms with E-state index in [1.54, 1.807) is 18.6 Å². The maximum absolute atomic E-state index is 12.4. The number of rotatable bonds is 5. The number of methoxy groups -OCH3 is 1. The molecule has 0 saturated carbocycles. The molecule has 0 bridgehead atoms. The van der Waals surface area contributed by atoms with E-state index in [1.165, 1.54) is 4.57 Å². The van der Waals surface area contributed by atoms with E-state index in [9.17, 15) is 9.59 Å². The van der Waals surface area contributed by atoms with Crippen LogP contribution in [-0.2, 0) is 18.3 Å². The van der Waals surface area contributed by atoms with Crippen molar-refractivity contribution in [3.63, 3.8) is 0 Å². The standard InChI is InChI=1S/C18H19N5O3/c1-21-15-14(16(24)20-18(21)25)23-11-13(12-7-4-3-5-8-12)22(17(23)19-15)9-6-10-26-2/h3-5,7-8,11H,6,9-10H2,1-2H3,(H,20,24,25). The van der Waals surface area contributed by atoms with Gasteiger partial charge < -0.3 is 9.30 Å². The lowest BCUT2D eigenvalue weighted by atomic mass is 10.1. The zero-order valence-electron chi connectivity index (χ0n) is 14.6. The van der Waals surface area contributed by atoms with Crippen molar-refractivity contribution in [3.05, 3.63) is 57.4 Å². The Morgan fingerprint density at radius 2 is 1.96 bits per heavy atom. The molecule has 0 amide bonds. The first-order chi connectivity index (χ1) is 12.6. The van der Waals surface area contributed by atoms with Crippen LogP contribution >= 0.6 is 0 Å². The van der Waals surface area contributed by atoms with E-state index < -0.39 is 11.2 Å². The molecule has 0 unspecified atom stereocenters. The van der Waals surface area contributed by atoms with Gasteiger partial charge in [-0.3, -0.25) is 18.7 Å². The number of H-pyrrole nitrogens is 1. The van der Waals surface area contributed by atoms with Crippen LogP contribution in [0.15, 0.2) is 46.1 Å². The van der Waals surface area contributed by atoms with Crippen LogP contribution in [-0.4, -0.2) is 37.2 Å². The number of imidazole rings is 2. The van der Waals surface area contributed by atoms with E-state index in [0.29, 0.717) is 30.1 Å². The molecule has 4 rings (SSSR count). The molecule has 0 aliphatic carbocycles. The Bertz CT molecular complexity index is 1200. The van der Waals surface area contributed by atoms with Gasteiger partial charge in [-0.2, -0.15) is 4.98 Å². The topological polar surface area (TPSA) is 86.3 Å². The fraction of sp³-hybridized carbons (Fsp3) is 0.278. The van der Waals surface area contributed by atoms with Gasteiger partial charge in [0.25, 0.3) is 5.56 Å². The number of aromatic nitrogens is 5. The predicted molar refractivity (Wildman–Crippen MR) is 98.5 cm³/mol. The SMILES string of the molecule is COCCCn1c(-c2ccccc2)cn2c3c(=O)[nH]c(=O)n(C)c3nc12. The first-order valence-electron chi connectivity index (χ1n) is 8.37. The molecule has 0 aliphatic rings. The molecule has 0 aliphatic heterocycles. The summed E-state index contributed by atoms with van der Waals surface area (Å²) in [6.45, 7) is 1.31. The maximum Gasteiger partial charge on any atom is 0.329 e. The minimum absolute atomic E-state index is 0.366. The first-order valence-corrected chi connectivity index (χ1v) is 8.37. The number of hydrogen-bond acceptors (Lipinski definition) is 4. The minimum Gasteiger partial charge on any atom is -0.385 e. The Morgan fingerprint density at radius 1 is 1.19 bits per heavy atom. The summed E-state index contributed by atoms with van der Waals surface area (Å²) in [5, 5.41) is 0. The molecule has 3 aromatic heterocycles. The highest BCUT2D eigenvalue weighted by atomic mass is 16.5. The lowest BCUT2D eigenvalue weighted by Crippen LogP contribution is -2.28. The van der Waals surface area contributed by atoms with Crippen LogP contribution < -0.4 is 11.2 Å². The van der Waals surface area contributed by atoms with E-state index in [1.807, 2.05) is 36.5 Å². The third kappa shape index (κ3) is 2.46. The van der Waals surface area contributed by atoms with Crippen LogP contribution in [0.5, 0.6) is 0 Å². The molecule has 8 nitrogen and oxygen atoms in total. The van der Waals surface area contributed by atoms with E-state index in [-0.39, 0.29) is 0 Å². The molecule has 0 radical (unpaired) electrons. The quantitative estimate of drug-likeness (QED) is 0.549. The van der Waals surface area contributed by atoms with Crippen LogP contribution in [0.2, 0.25) is 0 Å². The van der Waals surface area contributed by atoms with Gasteiger partial charge in [0.15, 0.2) is 11.2 Å². The second-order valence-corrected chi connectivity index (χ2v) is 6.15. The van der Waals surface area contributed by atoms with Crippen molar-refractivity contribution >= 4 is 16.9 Å². The average Bonchev–Trinajstić information content (AvgIpc) is 3.18. The molecule has 134 valence electrons. The summed E-state index contributed by atoms with van der Waals surface area (Å²) in [5.74, 6) is 0.627. The van der Waals surface area contributed by atoms with Gasteiger partial charge in [-0.15, -0.1) is 0 Å². The molecule has 0 fully saturated rings. The molecule has 0 atom stereocenters. The minimum atomic E-state index is -0.475. The van der Waals surface area contributed by atoms with Gasteiger partial charge >= 0.3 is 5.69 Å². The zero-order valence-corrected chi connectivity index (χ0v) is 14.6. The smallest absolute Gasteiger partial charge is 0.329 e. The lowest BCUT2D eigenvalue weighted by Gasteiger charge is -2.08. The third-order valence-electron chi connectivity index (χ3n) is 4.52. The fourth-order valence-electron chi connectivity index (χ4n) is 3.23. The molecule has 3 heterocycles. The Morgan fingerprint density at radius 3 is 2.69 bits per heavy atom. The summed E-state index contributed by atoms with van der Waals surface area (Å²) in [5.41, 5.74) is 1.81. The Kier molecular flexibility index (Phi) is 3.96. The summed E-state index contributed by atoms with van der Waals surface area (Å²) in [4.78, 5) is 31.2. The summed E-state index contributed by atoms with van der Waals surface area (Å²) in [6.07, 6.45) is 2.70. The second-order valence-electron chi connectivity index (χ2n) is 6.15. The average molecular weight is 353 g/mol. The maximum atomic E-state index is 12.4. The number of nitrogens with zero attached hydrogens (tertiary/aromatic N) is 4. The number of nitrogens with one attached hydrogen (secondary N) is 1. The molecule has 1 aromatic carbocycles. The monoisotopic (exact) mass is 353 g/mol. The normalized spacial score (nSPS) is 11.6. The second kappa shape index (κ2) is 6.30. The van der Waals surface area contributed by atoms with Crippen molar-refractivity contribution in [2.75, 3.05) is 13.7 Å². The fourth-order valence-corrected chi connectivity index (χ4v) is 3.23. The Labute approximate surface area is 148 Å². The van der Waals surface area contributed by atoms with Crippen molar-refractivity contribution in [1.82, 2.24) is 23.5 Å². The van der Waals surface area contributed by atoms with Crippen LogP contribution in [0.1, 0.15) is 6.42 Å². The van der Waals surface area contributed by atoms with Crippen molar-refractivity contribution < 1.29 is 4.74 Å². The van der Waals surface area contributed by atoms with Crippen molar-refractivity contribution in [3.8, 4) is 11.3 Å². The van der Waals surface area contributed by atoms with Crippen molar-refractivity contribution in [2.24, 2.45) is 7.05 Å². The third-order valence-corrected chi connectivity index (χ3v) is 4.52. The van der Waals surface area contributed by atoms with E-state index >= 15 is 0 Å². The van der Waals surface area contributed by atoms with Crippen LogP contribution in [0.25, 0.3) is 28.2 Å². The van der Waals surface area contributed by atoms with Crippen molar-refractivity contribution in [2.45, 2.75) is 13.0 Å². The van der Waals surface area contributed by atoms with E-state index in [4.69, 9.17) is 4.74 Å². The van der Waals surface area contributed by atoms with Crippen LogP contribution in [0.4, 0.5) is 0 Å². The highest BCUT2D eigenvalue weighted by molar-refractivity contribution is 5.77. The molecule has 4 aromatic rings. The molecule has 1 N–H and O–H groups in total. The summed E-state index contributed by atoms with van der Waals surface area (Å²) >= 11 is 0. The number of aryl methyl sites for hydroxylation is 2. The highest BCUT2D eigenvalue weighted by Crippen LogP contribution is 2.25. The van der Waals surface area contributed by atoms with Gasteiger partial charge in [-0.25, -0.2) is 4.79 Å². The predicted octanol–water partition coefficient (Wildman–Crippen LogP) is 1.38. The van der Waals surface area contributed by atoms with Gasteiger partial charge in [-0.05, 0) is 12.0 Å². The summed E-state index contributed by atoms with van der Waals surface area (Å²) < 4.78 is 10.3. The largest absolute Gasteiger partial charge is 0.385 e.